The van der Waals surface area contributed by atoms with Gasteiger partial charge in [-0.25, -0.2) is 0 Å². The highest BCUT2D eigenvalue weighted by Gasteiger charge is 2.59. The average Bonchev–Trinajstić information content (AvgIpc) is 3.11. The number of aliphatic hydroxyl groups excluding tert-OH is 1. The first-order valence-corrected chi connectivity index (χ1v) is 12.1. The highest BCUT2D eigenvalue weighted by atomic mass is 16.6. The van der Waals surface area contributed by atoms with Gasteiger partial charge < -0.3 is 19.5 Å². The Morgan fingerprint density at radius 2 is 2.03 bits per heavy atom. The molecule has 1 saturated carbocycles. The molecule has 6 nitrogen and oxygen atoms in total. The van der Waals surface area contributed by atoms with E-state index in [-0.39, 0.29) is 29.3 Å². The normalized spacial score (nSPS) is 37.4. The van der Waals surface area contributed by atoms with Crippen LogP contribution in [0, 0.1) is 23.2 Å². The smallest absolute Gasteiger partial charge is 0.311 e. The molecular weight excluding hydrogens is 404 g/mol. The lowest BCUT2D eigenvalue weighted by atomic mass is 9.55. The molecule has 4 aliphatic rings. The highest BCUT2D eigenvalue weighted by Crippen LogP contribution is 2.56. The lowest BCUT2D eigenvalue weighted by molar-refractivity contribution is -0.145. The number of anilines is 1. The summed E-state index contributed by atoms with van der Waals surface area (Å²) in [6, 6.07) is 8.18. The molecule has 6 heteroatoms. The summed E-state index contributed by atoms with van der Waals surface area (Å²) >= 11 is 0. The molecule has 32 heavy (non-hydrogen) atoms. The second-order valence-electron chi connectivity index (χ2n) is 10.3. The van der Waals surface area contributed by atoms with Gasteiger partial charge >= 0.3 is 5.97 Å². The van der Waals surface area contributed by atoms with Crippen molar-refractivity contribution in [2.45, 2.75) is 45.3 Å². The maximum atomic E-state index is 12.9. The Morgan fingerprint density at radius 3 is 2.78 bits per heavy atom. The SMILES string of the molecule is COc1cccc(N2CCN(C[C@H]3C(=O)O[C@@H]4CC5=CCC[C@H](C)[C@@]5(C)[C@H](O)[C@H]43)CC2)c1. The predicted molar refractivity (Wildman–Crippen MR) is 124 cm³/mol. The number of methoxy groups -OCH3 is 1. The molecule has 2 heterocycles. The number of carbonyl (C=O) groups is 1. The van der Waals surface area contributed by atoms with Gasteiger partial charge in [-0.15, -0.1) is 0 Å². The molecule has 0 unspecified atom stereocenters. The summed E-state index contributed by atoms with van der Waals surface area (Å²) in [5.41, 5.74) is 2.23. The number of nitrogens with zero attached hydrogens (tertiary/aromatic N) is 2. The Kier molecular flexibility index (Phi) is 5.70. The zero-order chi connectivity index (χ0) is 22.5. The Hall–Kier alpha value is -2.05. The first kappa shape index (κ1) is 21.8. The zero-order valence-corrected chi connectivity index (χ0v) is 19.5. The minimum Gasteiger partial charge on any atom is -0.497 e. The minimum atomic E-state index is -0.530. The molecule has 174 valence electrons. The van der Waals surface area contributed by atoms with Crippen LogP contribution in [0.15, 0.2) is 35.9 Å². The lowest BCUT2D eigenvalue weighted by Crippen LogP contribution is -2.55. The number of esters is 1. The number of piperazine rings is 1. The van der Waals surface area contributed by atoms with E-state index in [4.69, 9.17) is 9.47 Å². The third kappa shape index (κ3) is 3.52. The van der Waals surface area contributed by atoms with Crippen molar-refractivity contribution in [1.82, 2.24) is 4.90 Å². The monoisotopic (exact) mass is 440 g/mol. The number of hydrogen-bond acceptors (Lipinski definition) is 6. The number of aliphatic hydroxyl groups is 1. The average molecular weight is 441 g/mol. The van der Waals surface area contributed by atoms with Crippen LogP contribution in [-0.2, 0) is 9.53 Å². The van der Waals surface area contributed by atoms with E-state index < -0.39 is 6.10 Å². The number of ether oxygens (including phenoxy) is 2. The molecule has 0 radical (unpaired) electrons. The van der Waals surface area contributed by atoms with E-state index in [1.807, 2.05) is 12.1 Å². The van der Waals surface area contributed by atoms with E-state index in [0.717, 1.165) is 51.2 Å². The van der Waals surface area contributed by atoms with Gasteiger partial charge in [0.05, 0.1) is 19.1 Å². The Labute approximate surface area is 191 Å². The minimum absolute atomic E-state index is 0.110. The van der Waals surface area contributed by atoms with Crippen molar-refractivity contribution in [2.24, 2.45) is 23.2 Å². The van der Waals surface area contributed by atoms with Crippen LogP contribution in [0.3, 0.4) is 0 Å². The molecule has 1 aromatic rings. The van der Waals surface area contributed by atoms with Crippen molar-refractivity contribution >= 4 is 11.7 Å². The van der Waals surface area contributed by atoms with Gasteiger partial charge in [-0.3, -0.25) is 9.69 Å². The highest BCUT2D eigenvalue weighted by molar-refractivity contribution is 5.76. The van der Waals surface area contributed by atoms with Crippen LogP contribution >= 0.6 is 0 Å². The third-order valence-electron chi connectivity index (χ3n) is 8.82. The van der Waals surface area contributed by atoms with Gasteiger partial charge in [0.1, 0.15) is 11.9 Å². The van der Waals surface area contributed by atoms with E-state index in [1.54, 1.807) is 7.11 Å². The summed E-state index contributed by atoms with van der Waals surface area (Å²) in [6.45, 7) is 8.74. The first-order chi connectivity index (χ1) is 15.4. The van der Waals surface area contributed by atoms with Gasteiger partial charge in [0.25, 0.3) is 0 Å². The summed E-state index contributed by atoms with van der Waals surface area (Å²) < 4.78 is 11.2. The van der Waals surface area contributed by atoms with Crippen LogP contribution in [-0.4, -0.2) is 68.0 Å². The van der Waals surface area contributed by atoms with Crippen LogP contribution in [0.2, 0.25) is 0 Å². The topological polar surface area (TPSA) is 62.2 Å². The van der Waals surface area contributed by atoms with Crippen LogP contribution < -0.4 is 9.64 Å². The molecule has 2 saturated heterocycles. The van der Waals surface area contributed by atoms with Gasteiger partial charge in [0.15, 0.2) is 0 Å². The van der Waals surface area contributed by atoms with Crippen molar-refractivity contribution in [3.8, 4) is 5.75 Å². The van der Waals surface area contributed by atoms with Crippen LogP contribution in [0.25, 0.3) is 0 Å². The fraction of sp³-hybridized carbons (Fsp3) is 0.654. The van der Waals surface area contributed by atoms with Crippen molar-refractivity contribution in [3.05, 3.63) is 35.9 Å². The van der Waals surface area contributed by atoms with Gasteiger partial charge in [-0.1, -0.05) is 31.6 Å². The number of allylic oxidation sites excluding steroid dienone is 1. The second kappa shape index (κ2) is 8.38. The molecule has 3 fully saturated rings. The number of hydrogen-bond donors (Lipinski definition) is 1. The molecule has 2 aliphatic carbocycles. The maximum absolute atomic E-state index is 12.9. The number of carbonyl (C=O) groups excluding carboxylic acids is 1. The quantitative estimate of drug-likeness (QED) is 0.574. The summed E-state index contributed by atoms with van der Waals surface area (Å²) in [4.78, 5) is 17.6. The van der Waals surface area contributed by atoms with E-state index in [9.17, 15) is 9.90 Å². The Balaban J connectivity index is 1.26. The summed E-state index contributed by atoms with van der Waals surface area (Å²) in [7, 11) is 1.69. The zero-order valence-electron chi connectivity index (χ0n) is 19.5. The van der Waals surface area contributed by atoms with Crippen molar-refractivity contribution in [1.29, 1.82) is 0 Å². The van der Waals surface area contributed by atoms with Crippen molar-refractivity contribution < 1.29 is 19.4 Å². The van der Waals surface area contributed by atoms with Crippen molar-refractivity contribution in [3.63, 3.8) is 0 Å². The molecule has 6 atom stereocenters. The third-order valence-corrected chi connectivity index (χ3v) is 8.82. The fourth-order valence-electron chi connectivity index (χ4n) is 6.55. The van der Waals surface area contributed by atoms with Crippen molar-refractivity contribution in [2.75, 3.05) is 44.7 Å². The van der Waals surface area contributed by atoms with Gasteiger partial charge in [0.2, 0.25) is 0 Å². The first-order valence-electron chi connectivity index (χ1n) is 12.1. The van der Waals surface area contributed by atoms with Gasteiger partial charge in [-0.05, 0) is 30.9 Å². The Bertz CT molecular complexity index is 894. The Morgan fingerprint density at radius 1 is 1.25 bits per heavy atom. The lowest BCUT2D eigenvalue weighted by Gasteiger charge is -2.52. The van der Waals surface area contributed by atoms with Gasteiger partial charge in [0, 0.05) is 62.2 Å². The van der Waals surface area contributed by atoms with Crippen LogP contribution in [0.4, 0.5) is 5.69 Å². The standard InChI is InChI=1S/C26H36N2O4/c1-17-6-4-7-18-14-22-23(24(29)26(17,18)2)21(25(30)32-22)16-27-10-12-28(13-11-27)19-8-5-9-20(15-19)31-3/h5,7-9,15,17,21-24,29H,4,6,10-14,16H2,1-3H3/t17-,21+,22+,23-,24+,26+/m0/s1. The second-order valence-corrected chi connectivity index (χ2v) is 10.3. The molecule has 0 spiro atoms. The molecule has 0 aromatic heterocycles. The van der Waals surface area contributed by atoms with E-state index >= 15 is 0 Å². The molecule has 1 N–H and O–H groups in total. The summed E-state index contributed by atoms with van der Waals surface area (Å²) in [5, 5.41) is 11.6. The van der Waals surface area contributed by atoms with E-state index in [1.165, 1.54) is 11.3 Å². The van der Waals surface area contributed by atoms with E-state index in [0.29, 0.717) is 12.5 Å². The van der Waals surface area contributed by atoms with Gasteiger partial charge in [-0.2, -0.15) is 0 Å². The fourth-order valence-corrected chi connectivity index (χ4v) is 6.55. The molecule has 5 rings (SSSR count). The van der Waals surface area contributed by atoms with Crippen LogP contribution in [0.1, 0.15) is 33.1 Å². The molecule has 1 aromatic carbocycles. The number of rotatable bonds is 4. The summed E-state index contributed by atoms with van der Waals surface area (Å²) in [5.74, 6) is 0.813. The molecule has 0 amide bonds. The summed E-state index contributed by atoms with van der Waals surface area (Å²) in [6.07, 6.45) is 4.53. The largest absolute Gasteiger partial charge is 0.497 e. The molecule has 2 aliphatic heterocycles. The number of fused-ring (bicyclic) bond motifs is 2. The maximum Gasteiger partial charge on any atom is 0.311 e. The van der Waals surface area contributed by atoms with Crippen LogP contribution in [0.5, 0.6) is 5.75 Å². The molecular formula is C26H36N2O4. The number of benzene rings is 1. The predicted octanol–water partition coefficient (Wildman–Crippen LogP) is 3.10. The molecule has 0 bridgehead atoms. The van der Waals surface area contributed by atoms with E-state index in [2.05, 4.69) is 41.9 Å².